The highest BCUT2D eigenvalue weighted by Crippen LogP contribution is 2.32. The first-order valence-electron chi connectivity index (χ1n) is 5.84. The second-order valence-corrected chi connectivity index (χ2v) is 7.65. The summed E-state index contributed by atoms with van der Waals surface area (Å²) in [5.41, 5.74) is 0.441. The number of aliphatic hydroxyl groups is 1. The van der Waals surface area contributed by atoms with Gasteiger partial charge in [0, 0.05) is 12.6 Å². The Morgan fingerprint density at radius 2 is 2.26 bits per heavy atom. The van der Waals surface area contributed by atoms with Gasteiger partial charge in [-0.05, 0) is 31.4 Å². The quantitative estimate of drug-likeness (QED) is 0.862. The molecule has 0 saturated carbocycles. The highest BCUT2D eigenvalue weighted by Gasteiger charge is 2.36. The van der Waals surface area contributed by atoms with Gasteiger partial charge in [0.15, 0.2) is 0 Å². The lowest BCUT2D eigenvalue weighted by Crippen LogP contribution is -2.37. The fraction of sp³-hybridized carbons (Fsp3) is 0.545. The molecule has 1 aromatic rings. The lowest BCUT2D eigenvalue weighted by atomic mass is 10.2. The Balaban J connectivity index is 2.40. The standard InChI is InChI=1S/C11H15NO5S2/c1-7-5-9(18-10(7)11(14)15)19(16,17)12-4-2-3-8(12)6-13/h5,8,13H,2-4,6H2,1H3,(H,14,15). The third kappa shape index (κ3) is 2.53. The molecule has 0 aliphatic carbocycles. The van der Waals surface area contributed by atoms with Gasteiger partial charge in [-0.25, -0.2) is 13.2 Å². The molecule has 0 spiro atoms. The zero-order valence-electron chi connectivity index (χ0n) is 10.4. The summed E-state index contributed by atoms with van der Waals surface area (Å²) < 4.78 is 26.1. The van der Waals surface area contributed by atoms with Crippen LogP contribution in [0, 0.1) is 6.92 Å². The molecule has 1 unspecified atom stereocenters. The summed E-state index contributed by atoms with van der Waals surface area (Å²) in [6.07, 6.45) is 1.34. The van der Waals surface area contributed by atoms with Crippen LogP contribution >= 0.6 is 11.3 Å². The van der Waals surface area contributed by atoms with Crippen LogP contribution < -0.4 is 0 Å². The molecule has 0 amide bonds. The first-order valence-corrected chi connectivity index (χ1v) is 8.10. The maximum Gasteiger partial charge on any atom is 0.346 e. The molecule has 2 N–H and O–H groups in total. The SMILES string of the molecule is Cc1cc(S(=O)(=O)N2CCCC2CO)sc1C(=O)O. The minimum atomic E-state index is -3.71. The number of sulfonamides is 1. The second-order valence-electron chi connectivity index (χ2n) is 4.48. The van der Waals surface area contributed by atoms with Gasteiger partial charge in [0.2, 0.25) is 0 Å². The fourth-order valence-corrected chi connectivity index (χ4v) is 5.41. The van der Waals surface area contributed by atoms with E-state index in [1.165, 1.54) is 10.4 Å². The van der Waals surface area contributed by atoms with E-state index in [9.17, 15) is 18.3 Å². The average molecular weight is 305 g/mol. The zero-order chi connectivity index (χ0) is 14.2. The topological polar surface area (TPSA) is 94.9 Å². The molecular formula is C11H15NO5S2. The van der Waals surface area contributed by atoms with Crippen molar-refractivity contribution in [2.24, 2.45) is 0 Å². The van der Waals surface area contributed by atoms with Crippen molar-refractivity contribution in [2.45, 2.75) is 30.0 Å². The van der Waals surface area contributed by atoms with Gasteiger partial charge in [0.05, 0.1) is 6.61 Å². The van der Waals surface area contributed by atoms with Gasteiger partial charge in [-0.2, -0.15) is 4.31 Å². The van der Waals surface area contributed by atoms with Crippen molar-refractivity contribution in [1.29, 1.82) is 0 Å². The van der Waals surface area contributed by atoms with Crippen LogP contribution in [0.25, 0.3) is 0 Å². The number of carboxylic acid groups (broad SMARTS) is 1. The number of aromatic carboxylic acids is 1. The molecule has 8 heteroatoms. The molecule has 0 aromatic carbocycles. The van der Waals surface area contributed by atoms with Gasteiger partial charge in [-0.3, -0.25) is 0 Å². The normalized spacial score (nSPS) is 20.8. The highest BCUT2D eigenvalue weighted by atomic mass is 32.2. The first kappa shape index (κ1) is 14.4. The number of thiophene rings is 1. The molecule has 6 nitrogen and oxygen atoms in total. The summed E-state index contributed by atoms with van der Waals surface area (Å²) in [6, 6.07) is 0.983. The molecule has 19 heavy (non-hydrogen) atoms. The Labute approximate surface area is 115 Å². The summed E-state index contributed by atoms with van der Waals surface area (Å²) in [7, 11) is -3.71. The molecule has 1 atom stereocenters. The number of carbonyl (C=O) groups is 1. The van der Waals surface area contributed by atoms with Crippen molar-refractivity contribution >= 4 is 27.3 Å². The van der Waals surface area contributed by atoms with Crippen molar-refractivity contribution in [1.82, 2.24) is 4.31 Å². The van der Waals surface area contributed by atoms with E-state index < -0.39 is 22.0 Å². The number of aliphatic hydroxyl groups excluding tert-OH is 1. The first-order chi connectivity index (χ1) is 8.87. The van der Waals surface area contributed by atoms with Crippen LogP contribution in [0.1, 0.15) is 28.1 Å². The molecule has 2 rings (SSSR count). The zero-order valence-corrected chi connectivity index (χ0v) is 12.0. The molecule has 106 valence electrons. The van der Waals surface area contributed by atoms with Crippen molar-refractivity contribution < 1.29 is 23.4 Å². The molecule has 1 aliphatic heterocycles. The van der Waals surface area contributed by atoms with Crippen molar-refractivity contribution in [2.75, 3.05) is 13.2 Å². The third-order valence-electron chi connectivity index (χ3n) is 3.19. The van der Waals surface area contributed by atoms with Crippen LogP contribution in [-0.4, -0.2) is 48.1 Å². The Bertz CT molecular complexity index is 592. The summed E-state index contributed by atoms with van der Waals surface area (Å²) in [5.74, 6) is -1.12. The minimum Gasteiger partial charge on any atom is -0.477 e. The lowest BCUT2D eigenvalue weighted by Gasteiger charge is -2.21. The third-order valence-corrected chi connectivity index (χ3v) is 6.81. The van der Waals surface area contributed by atoms with E-state index in [0.29, 0.717) is 24.9 Å². The molecule has 0 bridgehead atoms. The Morgan fingerprint density at radius 3 is 2.79 bits per heavy atom. The molecule has 1 aromatic heterocycles. The Morgan fingerprint density at radius 1 is 1.58 bits per heavy atom. The fourth-order valence-electron chi connectivity index (χ4n) is 2.22. The maximum atomic E-state index is 12.4. The van der Waals surface area contributed by atoms with E-state index in [0.717, 1.165) is 11.3 Å². The molecule has 1 fully saturated rings. The van der Waals surface area contributed by atoms with Crippen LogP contribution in [0.2, 0.25) is 0 Å². The number of rotatable bonds is 4. The largest absolute Gasteiger partial charge is 0.477 e. The van der Waals surface area contributed by atoms with Gasteiger partial charge in [0.1, 0.15) is 9.09 Å². The highest BCUT2D eigenvalue weighted by molar-refractivity contribution is 7.91. The summed E-state index contributed by atoms with van der Waals surface area (Å²) >= 11 is 0.763. The van der Waals surface area contributed by atoms with Gasteiger partial charge in [-0.15, -0.1) is 11.3 Å². The monoisotopic (exact) mass is 305 g/mol. The van der Waals surface area contributed by atoms with Gasteiger partial charge in [-0.1, -0.05) is 0 Å². The van der Waals surface area contributed by atoms with Crippen LogP contribution in [0.5, 0.6) is 0 Å². The smallest absolute Gasteiger partial charge is 0.346 e. The van der Waals surface area contributed by atoms with Gasteiger partial charge >= 0.3 is 5.97 Å². The predicted octanol–water partition coefficient (Wildman–Crippen LogP) is 0.900. The number of carboxylic acids is 1. The predicted molar refractivity (Wildman–Crippen MR) is 70.0 cm³/mol. The molecular weight excluding hydrogens is 290 g/mol. The van der Waals surface area contributed by atoms with Crippen LogP contribution in [-0.2, 0) is 10.0 Å². The molecule has 2 heterocycles. The second kappa shape index (κ2) is 5.20. The molecule has 0 radical (unpaired) electrons. The number of hydrogen-bond acceptors (Lipinski definition) is 5. The summed E-state index contributed by atoms with van der Waals surface area (Å²) in [5, 5.41) is 18.2. The molecule has 1 saturated heterocycles. The number of aryl methyl sites for hydroxylation is 1. The molecule has 1 aliphatic rings. The maximum absolute atomic E-state index is 12.4. The summed E-state index contributed by atoms with van der Waals surface area (Å²) in [4.78, 5) is 11.0. The number of hydrogen-bond donors (Lipinski definition) is 2. The van der Waals surface area contributed by atoms with Crippen molar-refractivity contribution in [3.63, 3.8) is 0 Å². The van der Waals surface area contributed by atoms with E-state index >= 15 is 0 Å². The van der Waals surface area contributed by atoms with Gasteiger partial charge in [0.25, 0.3) is 10.0 Å². The summed E-state index contributed by atoms with van der Waals surface area (Å²) in [6.45, 7) is 1.73. The van der Waals surface area contributed by atoms with Crippen LogP contribution in [0.15, 0.2) is 10.3 Å². The van der Waals surface area contributed by atoms with Crippen LogP contribution in [0.3, 0.4) is 0 Å². The van der Waals surface area contributed by atoms with Gasteiger partial charge < -0.3 is 10.2 Å². The average Bonchev–Trinajstić information content (AvgIpc) is 2.94. The van der Waals surface area contributed by atoms with E-state index in [1.807, 2.05) is 0 Å². The Hall–Kier alpha value is -0.960. The van der Waals surface area contributed by atoms with Crippen LogP contribution in [0.4, 0.5) is 0 Å². The Kier molecular flexibility index (Phi) is 3.95. The number of nitrogens with zero attached hydrogens (tertiary/aromatic N) is 1. The van der Waals surface area contributed by atoms with E-state index in [2.05, 4.69) is 0 Å². The van der Waals surface area contributed by atoms with Crippen molar-refractivity contribution in [3.8, 4) is 0 Å². The van der Waals surface area contributed by atoms with Crippen molar-refractivity contribution in [3.05, 3.63) is 16.5 Å². The lowest BCUT2D eigenvalue weighted by molar-refractivity contribution is 0.0701. The van der Waals surface area contributed by atoms with E-state index in [1.54, 1.807) is 6.92 Å². The minimum absolute atomic E-state index is 0.0303. The van der Waals surface area contributed by atoms with E-state index in [4.69, 9.17) is 5.11 Å². The van der Waals surface area contributed by atoms with E-state index in [-0.39, 0.29) is 15.7 Å².